The molecular weight excluding hydrogens is 214 g/mol. The topological polar surface area (TPSA) is 125 Å². The number of primary amides is 1. The van der Waals surface area contributed by atoms with E-state index in [1.54, 1.807) is 6.20 Å². The lowest BCUT2D eigenvalue weighted by molar-refractivity contribution is -0.122. The van der Waals surface area contributed by atoms with Crippen LogP contribution >= 0.6 is 0 Å². The first kappa shape index (κ1) is 11.8. The maximum Gasteiger partial charge on any atom is 0.404 e. The molecule has 0 bridgehead atoms. The molecular formula is C8H13N5O3. The van der Waals surface area contributed by atoms with E-state index in [1.807, 2.05) is 0 Å². The van der Waals surface area contributed by atoms with E-state index in [0.717, 1.165) is 0 Å². The highest BCUT2D eigenvalue weighted by Gasteiger charge is 2.03. The fourth-order valence-corrected chi connectivity index (χ4v) is 1.01. The van der Waals surface area contributed by atoms with Crippen LogP contribution in [0.15, 0.2) is 12.4 Å². The highest BCUT2D eigenvalue weighted by Crippen LogP contribution is 1.96. The Morgan fingerprint density at radius 2 is 2.31 bits per heavy atom. The normalized spacial score (nSPS) is 9.75. The molecule has 0 saturated heterocycles. The zero-order valence-corrected chi connectivity index (χ0v) is 8.55. The number of nitrogens with two attached hydrogens (primary N) is 2. The van der Waals surface area contributed by atoms with Gasteiger partial charge in [0.25, 0.3) is 0 Å². The van der Waals surface area contributed by atoms with Gasteiger partial charge in [-0.05, 0) is 0 Å². The van der Waals surface area contributed by atoms with Crippen molar-refractivity contribution in [2.24, 2.45) is 5.73 Å². The smallest absolute Gasteiger partial charge is 0.404 e. The van der Waals surface area contributed by atoms with Crippen molar-refractivity contribution in [1.29, 1.82) is 0 Å². The average Bonchev–Trinajstić information content (AvgIpc) is 2.58. The van der Waals surface area contributed by atoms with Crippen LogP contribution in [-0.2, 0) is 16.1 Å². The molecule has 8 heteroatoms. The quantitative estimate of drug-likeness (QED) is 0.538. The van der Waals surface area contributed by atoms with Crippen LogP contribution in [-0.4, -0.2) is 34.9 Å². The maximum atomic E-state index is 11.3. The number of nitrogen functional groups attached to an aromatic ring is 1. The minimum absolute atomic E-state index is 0.0440. The summed E-state index contributed by atoms with van der Waals surface area (Å²) >= 11 is 0. The van der Waals surface area contributed by atoms with Gasteiger partial charge < -0.3 is 21.5 Å². The van der Waals surface area contributed by atoms with E-state index < -0.39 is 6.09 Å². The summed E-state index contributed by atoms with van der Waals surface area (Å²) in [6.45, 7) is 0.314. The van der Waals surface area contributed by atoms with Crippen LogP contribution in [0.4, 0.5) is 10.5 Å². The Hall–Kier alpha value is -2.25. The van der Waals surface area contributed by atoms with Crippen molar-refractivity contribution in [3.05, 3.63) is 12.4 Å². The summed E-state index contributed by atoms with van der Waals surface area (Å²) in [7, 11) is 0. The van der Waals surface area contributed by atoms with Gasteiger partial charge in [0.15, 0.2) is 0 Å². The molecule has 2 amide bonds. The van der Waals surface area contributed by atoms with Gasteiger partial charge in [0, 0.05) is 6.20 Å². The Labute approximate surface area is 91.5 Å². The molecule has 1 heterocycles. The van der Waals surface area contributed by atoms with Gasteiger partial charge in [-0.1, -0.05) is 0 Å². The summed E-state index contributed by atoms with van der Waals surface area (Å²) in [6.07, 6.45) is 2.12. The van der Waals surface area contributed by atoms with Gasteiger partial charge in [-0.3, -0.25) is 9.48 Å². The predicted octanol–water partition coefficient (Wildman–Crippen LogP) is -1.32. The zero-order valence-electron chi connectivity index (χ0n) is 8.55. The molecule has 0 spiro atoms. The molecule has 0 atom stereocenters. The number of carbonyl (C=O) groups excluding carboxylic acids is 2. The third kappa shape index (κ3) is 4.31. The lowest BCUT2D eigenvalue weighted by Gasteiger charge is -2.04. The number of hydrogen-bond donors (Lipinski definition) is 3. The highest BCUT2D eigenvalue weighted by molar-refractivity contribution is 5.75. The minimum atomic E-state index is -0.867. The van der Waals surface area contributed by atoms with E-state index in [1.165, 1.54) is 10.9 Å². The molecule has 88 valence electrons. The van der Waals surface area contributed by atoms with E-state index >= 15 is 0 Å². The molecule has 0 aliphatic rings. The Bertz CT molecular complexity index is 376. The van der Waals surface area contributed by atoms with Gasteiger partial charge in [-0.15, -0.1) is 0 Å². The Morgan fingerprint density at radius 1 is 1.56 bits per heavy atom. The summed E-state index contributed by atoms with van der Waals surface area (Å²) in [5.41, 5.74) is 10.6. The fourth-order valence-electron chi connectivity index (χ4n) is 1.01. The number of amides is 2. The largest absolute Gasteiger partial charge is 0.448 e. The molecule has 16 heavy (non-hydrogen) atoms. The fraction of sp³-hybridized carbons (Fsp3) is 0.375. The number of carbonyl (C=O) groups is 2. The second-order valence-electron chi connectivity index (χ2n) is 2.99. The monoisotopic (exact) mass is 227 g/mol. The molecule has 1 aromatic rings. The molecule has 1 aromatic heterocycles. The first-order valence-electron chi connectivity index (χ1n) is 4.55. The molecule has 1 rings (SSSR count). The Balaban J connectivity index is 2.18. The van der Waals surface area contributed by atoms with Gasteiger partial charge in [-0.2, -0.15) is 5.10 Å². The lowest BCUT2D eigenvalue weighted by atomic mass is 10.5. The summed E-state index contributed by atoms with van der Waals surface area (Å²) in [6, 6.07) is 0. The minimum Gasteiger partial charge on any atom is -0.448 e. The van der Waals surface area contributed by atoms with E-state index in [4.69, 9.17) is 11.5 Å². The molecule has 0 fully saturated rings. The molecule has 0 unspecified atom stereocenters. The second kappa shape index (κ2) is 5.59. The Morgan fingerprint density at radius 3 is 2.88 bits per heavy atom. The number of nitrogens with zero attached hydrogens (tertiary/aromatic N) is 2. The van der Waals surface area contributed by atoms with Crippen LogP contribution in [0, 0.1) is 0 Å². The van der Waals surface area contributed by atoms with Gasteiger partial charge in [0.2, 0.25) is 5.91 Å². The third-order valence-electron chi connectivity index (χ3n) is 1.63. The van der Waals surface area contributed by atoms with Crippen molar-refractivity contribution >= 4 is 17.7 Å². The number of aromatic nitrogens is 2. The third-order valence-corrected chi connectivity index (χ3v) is 1.63. The number of rotatable bonds is 5. The van der Waals surface area contributed by atoms with E-state index in [0.29, 0.717) is 5.69 Å². The molecule has 0 aliphatic heterocycles. The van der Waals surface area contributed by atoms with E-state index in [2.05, 4.69) is 15.2 Å². The van der Waals surface area contributed by atoms with Crippen LogP contribution < -0.4 is 16.8 Å². The summed E-state index contributed by atoms with van der Waals surface area (Å²) in [5, 5.41) is 6.36. The van der Waals surface area contributed by atoms with Gasteiger partial charge in [0.1, 0.15) is 13.2 Å². The van der Waals surface area contributed by atoms with Crippen molar-refractivity contribution in [1.82, 2.24) is 15.1 Å². The number of hydrogen-bond acceptors (Lipinski definition) is 5. The summed E-state index contributed by atoms with van der Waals surface area (Å²) < 4.78 is 5.83. The average molecular weight is 227 g/mol. The molecule has 0 aromatic carbocycles. The van der Waals surface area contributed by atoms with Crippen molar-refractivity contribution in [2.75, 3.05) is 18.9 Å². The van der Waals surface area contributed by atoms with E-state index in [9.17, 15) is 9.59 Å². The summed E-state index contributed by atoms with van der Waals surface area (Å²) in [5.74, 6) is -0.254. The van der Waals surface area contributed by atoms with Crippen LogP contribution in [0.2, 0.25) is 0 Å². The van der Waals surface area contributed by atoms with E-state index in [-0.39, 0.29) is 25.6 Å². The van der Waals surface area contributed by atoms with Crippen molar-refractivity contribution < 1.29 is 14.3 Å². The number of ether oxygens (including phenoxy) is 1. The number of anilines is 1. The van der Waals surface area contributed by atoms with Gasteiger partial charge >= 0.3 is 6.09 Å². The first-order valence-corrected chi connectivity index (χ1v) is 4.55. The van der Waals surface area contributed by atoms with Crippen LogP contribution in [0.25, 0.3) is 0 Å². The maximum absolute atomic E-state index is 11.3. The highest BCUT2D eigenvalue weighted by atomic mass is 16.5. The molecule has 8 nitrogen and oxygen atoms in total. The second-order valence-corrected chi connectivity index (χ2v) is 2.99. The lowest BCUT2D eigenvalue weighted by Crippen LogP contribution is -2.31. The first-order chi connectivity index (χ1) is 7.58. The van der Waals surface area contributed by atoms with Crippen LogP contribution in [0.3, 0.4) is 0 Å². The van der Waals surface area contributed by atoms with Crippen molar-refractivity contribution in [2.45, 2.75) is 6.54 Å². The Kier molecular flexibility index (Phi) is 4.13. The van der Waals surface area contributed by atoms with Crippen LogP contribution in [0.1, 0.15) is 0 Å². The predicted molar refractivity (Wildman–Crippen MR) is 55.2 cm³/mol. The molecule has 0 saturated carbocycles. The van der Waals surface area contributed by atoms with Crippen molar-refractivity contribution in [3.63, 3.8) is 0 Å². The number of nitrogens with one attached hydrogen (secondary N) is 1. The molecule has 5 N–H and O–H groups in total. The van der Waals surface area contributed by atoms with Gasteiger partial charge in [-0.25, -0.2) is 4.79 Å². The van der Waals surface area contributed by atoms with Gasteiger partial charge in [0.05, 0.1) is 18.4 Å². The molecule has 0 radical (unpaired) electrons. The molecule has 0 aliphatic carbocycles. The zero-order chi connectivity index (χ0) is 12.0. The standard InChI is InChI=1S/C8H13N5O3/c9-6-3-12-13(4-6)5-7(14)11-1-2-16-8(10)15/h3-4H,1-2,5,9H2,(H2,10,15)(H,11,14). The van der Waals surface area contributed by atoms with Crippen molar-refractivity contribution in [3.8, 4) is 0 Å². The van der Waals surface area contributed by atoms with Crippen LogP contribution in [0.5, 0.6) is 0 Å². The summed E-state index contributed by atoms with van der Waals surface area (Å²) in [4.78, 5) is 21.5. The SMILES string of the molecule is NC(=O)OCCNC(=O)Cn1cc(N)cn1.